The van der Waals surface area contributed by atoms with Crippen molar-refractivity contribution in [1.29, 1.82) is 0 Å². The fourth-order valence-corrected chi connectivity index (χ4v) is 1.04. The molecule has 0 aliphatic rings. The first kappa shape index (κ1) is 9.44. The van der Waals surface area contributed by atoms with E-state index in [0.717, 1.165) is 0 Å². The third-order valence-electron chi connectivity index (χ3n) is 1.66. The summed E-state index contributed by atoms with van der Waals surface area (Å²) in [6.45, 7) is 3.79. The van der Waals surface area contributed by atoms with Crippen LogP contribution in [0, 0.1) is 0 Å². The largest absolute Gasteiger partial charge is 0.476 e. The summed E-state index contributed by atoms with van der Waals surface area (Å²) in [5, 5.41) is 8.70. The number of hydrogen-bond acceptors (Lipinski definition) is 4. The molecule has 0 aliphatic heterocycles. The predicted molar refractivity (Wildman–Crippen MR) is 47.5 cm³/mol. The van der Waals surface area contributed by atoms with Crippen molar-refractivity contribution in [2.45, 2.75) is 19.8 Å². The summed E-state index contributed by atoms with van der Waals surface area (Å²) in [5.41, 5.74) is 6.19. The van der Waals surface area contributed by atoms with Crippen molar-refractivity contribution >= 4 is 11.7 Å². The van der Waals surface area contributed by atoms with Crippen molar-refractivity contribution in [2.24, 2.45) is 0 Å². The lowest BCUT2D eigenvalue weighted by Crippen LogP contribution is -2.10. The van der Waals surface area contributed by atoms with Crippen LogP contribution < -0.4 is 5.73 Å². The molecule has 0 amide bonds. The zero-order chi connectivity index (χ0) is 10.0. The average Bonchev–Trinajstić information content (AvgIpc) is 2.03. The normalized spacial score (nSPS) is 10.4. The Morgan fingerprint density at radius 3 is 2.62 bits per heavy atom. The number of carboxylic acids is 1. The molecule has 5 nitrogen and oxygen atoms in total. The highest BCUT2D eigenvalue weighted by Crippen LogP contribution is 2.20. The van der Waals surface area contributed by atoms with Crippen LogP contribution in [0.2, 0.25) is 0 Å². The Balaban J connectivity index is 3.26. The third kappa shape index (κ3) is 1.74. The van der Waals surface area contributed by atoms with Gasteiger partial charge in [0.15, 0.2) is 5.69 Å². The summed E-state index contributed by atoms with van der Waals surface area (Å²) in [5.74, 6) is -1.03. The van der Waals surface area contributed by atoms with E-state index in [9.17, 15) is 4.79 Å². The number of nitrogens with two attached hydrogens (primary N) is 1. The second-order valence-corrected chi connectivity index (χ2v) is 2.98. The first-order valence-corrected chi connectivity index (χ1v) is 3.87. The fraction of sp³-hybridized carbons (Fsp3) is 0.375. The Morgan fingerprint density at radius 1 is 1.54 bits per heavy atom. The van der Waals surface area contributed by atoms with Gasteiger partial charge >= 0.3 is 5.97 Å². The van der Waals surface area contributed by atoms with Gasteiger partial charge in [0, 0.05) is 0 Å². The SMILES string of the molecule is CC(C)c1ncnc(C(=O)O)c1N. The molecular formula is C8H11N3O2. The van der Waals surface area contributed by atoms with Crippen LogP contribution in [0.15, 0.2) is 6.33 Å². The minimum Gasteiger partial charge on any atom is -0.476 e. The van der Waals surface area contributed by atoms with E-state index in [-0.39, 0.29) is 17.3 Å². The number of aromatic nitrogens is 2. The number of nitrogen functional groups attached to an aromatic ring is 1. The van der Waals surface area contributed by atoms with Crippen molar-refractivity contribution in [3.8, 4) is 0 Å². The monoisotopic (exact) mass is 181 g/mol. The lowest BCUT2D eigenvalue weighted by atomic mass is 10.1. The van der Waals surface area contributed by atoms with Gasteiger partial charge in [-0.1, -0.05) is 13.8 Å². The van der Waals surface area contributed by atoms with E-state index in [1.165, 1.54) is 6.33 Å². The summed E-state index contributed by atoms with van der Waals surface area (Å²) >= 11 is 0. The van der Waals surface area contributed by atoms with E-state index in [2.05, 4.69) is 9.97 Å². The molecule has 0 aromatic carbocycles. The van der Waals surface area contributed by atoms with Crippen LogP contribution in [0.25, 0.3) is 0 Å². The van der Waals surface area contributed by atoms with E-state index in [0.29, 0.717) is 5.69 Å². The maximum absolute atomic E-state index is 10.6. The van der Waals surface area contributed by atoms with Gasteiger partial charge in [0.25, 0.3) is 0 Å². The number of rotatable bonds is 2. The van der Waals surface area contributed by atoms with Crippen LogP contribution in [0.5, 0.6) is 0 Å². The zero-order valence-corrected chi connectivity index (χ0v) is 7.48. The first-order valence-electron chi connectivity index (χ1n) is 3.87. The third-order valence-corrected chi connectivity index (χ3v) is 1.66. The Labute approximate surface area is 75.6 Å². The van der Waals surface area contributed by atoms with Crippen LogP contribution >= 0.6 is 0 Å². The van der Waals surface area contributed by atoms with E-state index in [4.69, 9.17) is 10.8 Å². The van der Waals surface area contributed by atoms with Gasteiger partial charge in [0.05, 0.1) is 11.4 Å². The number of hydrogen-bond donors (Lipinski definition) is 2. The summed E-state index contributed by atoms with van der Waals surface area (Å²) in [7, 11) is 0. The van der Waals surface area contributed by atoms with E-state index >= 15 is 0 Å². The Kier molecular flexibility index (Phi) is 2.46. The molecule has 1 heterocycles. The minimum atomic E-state index is -1.12. The van der Waals surface area contributed by atoms with Gasteiger partial charge in [-0.25, -0.2) is 14.8 Å². The smallest absolute Gasteiger partial charge is 0.356 e. The van der Waals surface area contributed by atoms with Crippen LogP contribution in [-0.4, -0.2) is 21.0 Å². The van der Waals surface area contributed by atoms with E-state index in [1.807, 2.05) is 13.8 Å². The summed E-state index contributed by atoms with van der Waals surface area (Å²) in [6, 6.07) is 0. The quantitative estimate of drug-likeness (QED) is 0.706. The second kappa shape index (κ2) is 3.38. The molecule has 70 valence electrons. The fourth-order valence-electron chi connectivity index (χ4n) is 1.04. The molecule has 5 heteroatoms. The van der Waals surface area contributed by atoms with Crippen LogP contribution in [0.3, 0.4) is 0 Å². The molecule has 1 aromatic rings. The molecule has 0 aliphatic carbocycles. The van der Waals surface area contributed by atoms with Crippen LogP contribution in [0.4, 0.5) is 5.69 Å². The molecule has 0 atom stereocenters. The van der Waals surface area contributed by atoms with Gasteiger partial charge < -0.3 is 10.8 Å². The number of nitrogens with zero attached hydrogens (tertiary/aromatic N) is 2. The summed E-state index contributed by atoms with van der Waals surface area (Å²) < 4.78 is 0. The molecule has 0 unspecified atom stereocenters. The van der Waals surface area contributed by atoms with Crippen molar-refractivity contribution < 1.29 is 9.90 Å². The number of anilines is 1. The minimum absolute atomic E-state index is 0.0982. The highest BCUT2D eigenvalue weighted by atomic mass is 16.4. The Morgan fingerprint density at radius 2 is 2.15 bits per heavy atom. The van der Waals surface area contributed by atoms with E-state index < -0.39 is 5.97 Å². The molecule has 0 bridgehead atoms. The molecule has 0 spiro atoms. The lowest BCUT2D eigenvalue weighted by molar-refractivity contribution is 0.0691. The average molecular weight is 181 g/mol. The van der Waals surface area contributed by atoms with Gasteiger partial charge in [0.1, 0.15) is 6.33 Å². The second-order valence-electron chi connectivity index (χ2n) is 2.98. The molecule has 1 aromatic heterocycles. The molecule has 3 N–H and O–H groups in total. The Hall–Kier alpha value is -1.65. The molecular weight excluding hydrogens is 170 g/mol. The van der Waals surface area contributed by atoms with Gasteiger partial charge in [0.2, 0.25) is 0 Å². The van der Waals surface area contributed by atoms with Crippen molar-refractivity contribution in [1.82, 2.24) is 9.97 Å². The topological polar surface area (TPSA) is 89.1 Å². The van der Waals surface area contributed by atoms with Crippen molar-refractivity contribution in [3.05, 3.63) is 17.7 Å². The summed E-state index contributed by atoms with van der Waals surface area (Å²) in [6.07, 6.45) is 1.22. The van der Waals surface area contributed by atoms with Gasteiger partial charge in [-0.05, 0) is 5.92 Å². The predicted octanol–water partition coefficient (Wildman–Crippen LogP) is 0.880. The Bertz CT molecular complexity index is 336. The molecule has 0 fully saturated rings. The molecule has 0 saturated heterocycles. The van der Waals surface area contributed by atoms with Gasteiger partial charge in [-0.2, -0.15) is 0 Å². The molecule has 0 saturated carbocycles. The number of aromatic carboxylic acids is 1. The number of carboxylic acid groups (broad SMARTS) is 1. The van der Waals surface area contributed by atoms with Crippen LogP contribution in [-0.2, 0) is 0 Å². The summed E-state index contributed by atoms with van der Waals surface area (Å²) in [4.78, 5) is 18.1. The highest BCUT2D eigenvalue weighted by Gasteiger charge is 2.15. The zero-order valence-electron chi connectivity index (χ0n) is 7.48. The first-order chi connectivity index (χ1) is 6.04. The van der Waals surface area contributed by atoms with Crippen molar-refractivity contribution in [3.63, 3.8) is 0 Å². The number of carbonyl (C=O) groups is 1. The maximum atomic E-state index is 10.6. The highest BCUT2D eigenvalue weighted by molar-refractivity contribution is 5.91. The molecule has 0 radical (unpaired) electrons. The standard InChI is InChI=1S/C8H11N3O2/c1-4(2)6-5(9)7(8(12)13)11-3-10-6/h3-4H,9H2,1-2H3,(H,12,13). The van der Waals surface area contributed by atoms with E-state index in [1.54, 1.807) is 0 Å². The molecule has 13 heavy (non-hydrogen) atoms. The molecule has 1 rings (SSSR count). The van der Waals surface area contributed by atoms with Gasteiger partial charge in [-0.3, -0.25) is 0 Å². The maximum Gasteiger partial charge on any atom is 0.356 e. The lowest BCUT2D eigenvalue weighted by Gasteiger charge is -2.08. The van der Waals surface area contributed by atoms with Crippen LogP contribution in [0.1, 0.15) is 35.9 Å². The van der Waals surface area contributed by atoms with Gasteiger partial charge in [-0.15, -0.1) is 0 Å². The van der Waals surface area contributed by atoms with Crippen molar-refractivity contribution in [2.75, 3.05) is 5.73 Å².